The molecule has 5 rings (SSSR count). The SMILES string of the molecule is Cc1cc(Oc2ccccc2F)ccc1-n1ncc(C(=O)c2cc3cc(F)c(N)cc3[nH]2)c1N. The van der Waals surface area contributed by atoms with Crippen molar-refractivity contribution in [1.82, 2.24) is 14.8 Å². The number of anilines is 2. The molecule has 0 aliphatic carbocycles. The Morgan fingerprint density at radius 1 is 1.03 bits per heavy atom. The maximum atomic E-state index is 13.9. The molecule has 9 heteroatoms. The monoisotopic (exact) mass is 459 g/mol. The maximum absolute atomic E-state index is 13.9. The number of para-hydroxylation sites is 1. The normalized spacial score (nSPS) is 11.1. The number of hydrogen-bond donors (Lipinski definition) is 3. The van der Waals surface area contributed by atoms with Gasteiger partial charge in [0.05, 0.1) is 28.8 Å². The molecule has 5 N–H and O–H groups in total. The predicted molar refractivity (Wildman–Crippen MR) is 125 cm³/mol. The van der Waals surface area contributed by atoms with E-state index in [4.69, 9.17) is 16.2 Å². The van der Waals surface area contributed by atoms with Gasteiger partial charge in [0.1, 0.15) is 17.4 Å². The number of halogens is 2. The van der Waals surface area contributed by atoms with Gasteiger partial charge in [-0.15, -0.1) is 0 Å². The molecule has 0 saturated carbocycles. The molecule has 34 heavy (non-hydrogen) atoms. The number of H-pyrrole nitrogens is 1. The summed E-state index contributed by atoms with van der Waals surface area (Å²) in [6.07, 6.45) is 1.38. The lowest BCUT2D eigenvalue weighted by Gasteiger charge is -2.12. The zero-order valence-corrected chi connectivity index (χ0v) is 18.0. The van der Waals surface area contributed by atoms with E-state index in [9.17, 15) is 13.6 Å². The fourth-order valence-electron chi connectivity index (χ4n) is 3.75. The second-order valence-corrected chi connectivity index (χ2v) is 7.81. The zero-order valence-electron chi connectivity index (χ0n) is 18.0. The fraction of sp³-hybridized carbons (Fsp3) is 0.0400. The molecule has 7 nitrogen and oxygen atoms in total. The number of aromatic nitrogens is 3. The number of fused-ring (bicyclic) bond motifs is 1. The van der Waals surface area contributed by atoms with Crippen molar-refractivity contribution < 1.29 is 18.3 Å². The van der Waals surface area contributed by atoms with Gasteiger partial charge in [-0.3, -0.25) is 4.79 Å². The number of nitrogen functional groups attached to an aromatic ring is 2. The Bertz CT molecular complexity index is 1530. The standard InChI is InChI=1S/C25H19F2N5O2/c1-13-8-15(34-23-5-3-2-4-17(23)26)6-7-22(13)32-25(29)16(12-30-32)24(33)21-10-14-9-18(27)19(28)11-20(14)31-21/h2-12,31H,28-29H2,1H3. The molecule has 0 aliphatic rings. The first kappa shape index (κ1) is 21.2. The van der Waals surface area contributed by atoms with Crippen LogP contribution in [0.1, 0.15) is 21.6 Å². The highest BCUT2D eigenvalue weighted by Crippen LogP contribution is 2.29. The summed E-state index contributed by atoms with van der Waals surface area (Å²) in [5, 5.41) is 4.80. The molecule has 0 spiro atoms. The number of rotatable bonds is 5. The van der Waals surface area contributed by atoms with E-state index in [1.807, 2.05) is 6.92 Å². The highest BCUT2D eigenvalue weighted by atomic mass is 19.1. The Balaban J connectivity index is 1.44. The Kier molecular flexibility index (Phi) is 5.01. The Labute approximate surface area is 192 Å². The molecular formula is C25H19F2N5O2. The molecule has 0 fully saturated rings. The van der Waals surface area contributed by atoms with E-state index in [1.54, 1.807) is 30.3 Å². The number of nitrogens with one attached hydrogen (secondary N) is 1. The van der Waals surface area contributed by atoms with Gasteiger partial charge in [-0.1, -0.05) is 12.1 Å². The van der Waals surface area contributed by atoms with Crippen molar-refractivity contribution in [2.24, 2.45) is 0 Å². The molecular weight excluding hydrogens is 440 g/mol. The zero-order chi connectivity index (χ0) is 24.0. The number of carbonyl (C=O) groups is 1. The van der Waals surface area contributed by atoms with Gasteiger partial charge in [0, 0.05) is 10.9 Å². The van der Waals surface area contributed by atoms with Crippen LogP contribution in [0.3, 0.4) is 0 Å². The summed E-state index contributed by atoms with van der Waals surface area (Å²) in [5.74, 6) is -0.725. The highest BCUT2D eigenvalue weighted by molar-refractivity contribution is 6.12. The summed E-state index contributed by atoms with van der Waals surface area (Å²) < 4.78 is 34.7. The van der Waals surface area contributed by atoms with Crippen LogP contribution in [-0.4, -0.2) is 20.5 Å². The third-order valence-electron chi connectivity index (χ3n) is 5.49. The quantitative estimate of drug-likeness (QED) is 0.249. The molecule has 0 bridgehead atoms. The van der Waals surface area contributed by atoms with E-state index >= 15 is 0 Å². The van der Waals surface area contributed by atoms with Gasteiger partial charge in [0.15, 0.2) is 11.6 Å². The minimum absolute atomic E-state index is 0.0152. The van der Waals surface area contributed by atoms with Gasteiger partial charge in [0.2, 0.25) is 5.78 Å². The molecule has 0 atom stereocenters. The average Bonchev–Trinajstić information content (AvgIpc) is 3.39. The third kappa shape index (κ3) is 3.62. The predicted octanol–water partition coefficient (Wildman–Crippen LogP) is 5.13. The van der Waals surface area contributed by atoms with Crippen molar-refractivity contribution in [3.8, 4) is 17.2 Å². The minimum atomic E-state index is -0.560. The number of carbonyl (C=O) groups excluding carboxylic acids is 1. The van der Waals surface area contributed by atoms with Crippen molar-refractivity contribution in [2.75, 3.05) is 11.5 Å². The number of aryl methyl sites for hydroxylation is 1. The summed E-state index contributed by atoms with van der Waals surface area (Å²) in [5.41, 5.74) is 14.2. The Morgan fingerprint density at radius 2 is 1.82 bits per heavy atom. The number of nitrogens with zero attached hydrogens (tertiary/aromatic N) is 2. The van der Waals surface area contributed by atoms with Crippen LogP contribution < -0.4 is 16.2 Å². The number of aromatic amines is 1. The molecule has 5 aromatic rings. The van der Waals surface area contributed by atoms with Crippen LogP contribution in [0.2, 0.25) is 0 Å². The fourth-order valence-corrected chi connectivity index (χ4v) is 3.75. The Hall–Kier alpha value is -4.66. The summed E-state index contributed by atoms with van der Waals surface area (Å²) in [6, 6.07) is 15.5. The van der Waals surface area contributed by atoms with Crippen LogP contribution in [0.25, 0.3) is 16.6 Å². The van der Waals surface area contributed by atoms with Gasteiger partial charge >= 0.3 is 0 Å². The maximum Gasteiger partial charge on any atom is 0.214 e. The van der Waals surface area contributed by atoms with Crippen molar-refractivity contribution in [1.29, 1.82) is 0 Å². The van der Waals surface area contributed by atoms with Crippen LogP contribution in [-0.2, 0) is 0 Å². The van der Waals surface area contributed by atoms with Crippen molar-refractivity contribution in [2.45, 2.75) is 6.92 Å². The Morgan fingerprint density at radius 3 is 2.59 bits per heavy atom. The van der Waals surface area contributed by atoms with Crippen LogP contribution in [0.5, 0.6) is 11.5 Å². The first-order valence-corrected chi connectivity index (χ1v) is 10.3. The first-order chi connectivity index (χ1) is 16.3. The lowest BCUT2D eigenvalue weighted by molar-refractivity contribution is 0.103. The van der Waals surface area contributed by atoms with E-state index in [0.29, 0.717) is 22.3 Å². The second kappa shape index (κ2) is 8.04. The third-order valence-corrected chi connectivity index (χ3v) is 5.49. The van der Waals surface area contributed by atoms with Crippen molar-refractivity contribution in [3.05, 3.63) is 95.3 Å². The van der Waals surface area contributed by atoms with E-state index in [0.717, 1.165) is 5.56 Å². The molecule has 0 amide bonds. The van der Waals surface area contributed by atoms with Crippen LogP contribution in [0.15, 0.2) is 66.9 Å². The van der Waals surface area contributed by atoms with Crippen molar-refractivity contribution >= 4 is 28.2 Å². The first-order valence-electron chi connectivity index (χ1n) is 10.3. The van der Waals surface area contributed by atoms with E-state index < -0.39 is 17.4 Å². The second-order valence-electron chi connectivity index (χ2n) is 7.81. The number of benzene rings is 3. The van der Waals surface area contributed by atoms with Gasteiger partial charge in [0.25, 0.3) is 0 Å². The smallest absolute Gasteiger partial charge is 0.214 e. The lowest BCUT2D eigenvalue weighted by Crippen LogP contribution is -2.08. The highest BCUT2D eigenvalue weighted by Gasteiger charge is 2.21. The molecule has 0 radical (unpaired) electrons. The average molecular weight is 459 g/mol. The molecule has 2 aromatic heterocycles. The molecule has 0 aliphatic heterocycles. The number of ketones is 1. The molecule has 170 valence electrons. The number of hydrogen-bond acceptors (Lipinski definition) is 5. The number of nitrogens with two attached hydrogens (primary N) is 2. The summed E-state index contributed by atoms with van der Waals surface area (Å²) in [6.45, 7) is 1.82. The number of ether oxygens (including phenoxy) is 1. The molecule has 2 heterocycles. The largest absolute Gasteiger partial charge is 0.454 e. The summed E-state index contributed by atoms with van der Waals surface area (Å²) >= 11 is 0. The van der Waals surface area contributed by atoms with Gasteiger partial charge in [-0.2, -0.15) is 5.10 Å². The summed E-state index contributed by atoms with van der Waals surface area (Å²) in [7, 11) is 0. The van der Waals surface area contributed by atoms with Crippen LogP contribution >= 0.6 is 0 Å². The van der Waals surface area contributed by atoms with Gasteiger partial charge < -0.3 is 21.2 Å². The van der Waals surface area contributed by atoms with Crippen LogP contribution in [0.4, 0.5) is 20.3 Å². The topological polar surface area (TPSA) is 112 Å². The minimum Gasteiger partial charge on any atom is -0.454 e. The van der Waals surface area contributed by atoms with Gasteiger partial charge in [-0.25, -0.2) is 13.5 Å². The molecule has 0 saturated heterocycles. The van der Waals surface area contributed by atoms with E-state index in [1.165, 1.54) is 41.2 Å². The van der Waals surface area contributed by atoms with E-state index in [-0.39, 0.29) is 28.5 Å². The van der Waals surface area contributed by atoms with Crippen molar-refractivity contribution in [3.63, 3.8) is 0 Å². The van der Waals surface area contributed by atoms with E-state index in [2.05, 4.69) is 10.1 Å². The molecule has 3 aromatic carbocycles. The van der Waals surface area contributed by atoms with Gasteiger partial charge in [-0.05, 0) is 61.0 Å². The summed E-state index contributed by atoms with van der Waals surface area (Å²) in [4.78, 5) is 16.0. The lowest BCUT2D eigenvalue weighted by atomic mass is 10.1. The molecule has 0 unspecified atom stereocenters. The van der Waals surface area contributed by atoms with Crippen LogP contribution in [0, 0.1) is 18.6 Å².